The molecule has 0 spiro atoms. The van der Waals surface area contributed by atoms with Crippen LogP contribution in [-0.4, -0.2) is 20.6 Å². The molecule has 0 saturated carbocycles. The fourth-order valence-corrected chi connectivity index (χ4v) is 2.27. The third-order valence-electron chi connectivity index (χ3n) is 1.98. The van der Waals surface area contributed by atoms with Gasteiger partial charge in [-0.3, -0.25) is 0 Å². The summed E-state index contributed by atoms with van der Waals surface area (Å²) in [5.74, 6) is 1.73. The molecule has 0 amide bonds. The molecular formula is C9H15N3O2S. The number of thioether (sulfide) groups is 1. The Hall–Kier alpha value is -1.04. The minimum atomic E-state index is -0.451. The summed E-state index contributed by atoms with van der Waals surface area (Å²) in [6, 6.07) is 0. The molecule has 0 aromatic carbocycles. The van der Waals surface area contributed by atoms with Gasteiger partial charge in [-0.05, 0) is 23.5 Å². The van der Waals surface area contributed by atoms with E-state index < -0.39 is 4.92 Å². The van der Waals surface area contributed by atoms with Crippen LogP contribution in [0.3, 0.4) is 0 Å². The van der Waals surface area contributed by atoms with Gasteiger partial charge in [-0.15, -0.1) is 11.8 Å². The van der Waals surface area contributed by atoms with Gasteiger partial charge in [0.2, 0.25) is 5.82 Å². The number of aromatic nitrogens is 2. The van der Waals surface area contributed by atoms with Crippen LogP contribution in [0, 0.1) is 10.1 Å². The topological polar surface area (TPSA) is 71.8 Å². The van der Waals surface area contributed by atoms with Gasteiger partial charge in [0.25, 0.3) is 0 Å². The highest BCUT2D eigenvalue weighted by molar-refractivity contribution is 7.99. The Morgan fingerprint density at radius 3 is 2.87 bits per heavy atom. The highest BCUT2D eigenvalue weighted by atomic mass is 32.2. The molecule has 0 aliphatic heterocycles. The zero-order chi connectivity index (χ0) is 11.3. The summed E-state index contributed by atoms with van der Waals surface area (Å²) in [4.78, 5) is 16.8. The number of hydrogen-bond donors (Lipinski definition) is 1. The molecule has 1 aromatic rings. The number of aromatic amines is 1. The summed E-state index contributed by atoms with van der Waals surface area (Å²) in [5.41, 5.74) is 0. The standard InChI is InChI=1S/C9H15N3O2S/c1-3-5-15-7(4-2)9-10-6-8(11-9)12(13)14/h6-7H,3-5H2,1-2H3,(H,10,11). The number of nitro groups is 1. The van der Waals surface area contributed by atoms with E-state index in [9.17, 15) is 10.1 Å². The van der Waals surface area contributed by atoms with E-state index in [1.54, 1.807) is 11.8 Å². The Kier molecular flexibility index (Phi) is 4.61. The molecule has 0 radical (unpaired) electrons. The predicted octanol–water partition coefficient (Wildman–Crippen LogP) is 2.91. The quantitative estimate of drug-likeness (QED) is 0.601. The molecule has 1 heterocycles. The van der Waals surface area contributed by atoms with E-state index in [2.05, 4.69) is 23.8 Å². The highest BCUT2D eigenvalue weighted by Crippen LogP contribution is 2.30. The van der Waals surface area contributed by atoms with E-state index in [1.165, 1.54) is 6.20 Å². The first-order valence-corrected chi connectivity index (χ1v) is 6.04. The van der Waals surface area contributed by atoms with Gasteiger partial charge in [0, 0.05) is 0 Å². The number of rotatable bonds is 6. The Morgan fingerprint density at radius 1 is 1.67 bits per heavy atom. The number of H-pyrrole nitrogens is 1. The fraction of sp³-hybridized carbons (Fsp3) is 0.667. The van der Waals surface area contributed by atoms with Crippen molar-refractivity contribution in [2.24, 2.45) is 0 Å². The molecule has 0 aliphatic rings. The lowest BCUT2D eigenvalue weighted by Crippen LogP contribution is -1.97. The zero-order valence-electron chi connectivity index (χ0n) is 8.90. The van der Waals surface area contributed by atoms with Crippen molar-refractivity contribution in [2.45, 2.75) is 31.9 Å². The van der Waals surface area contributed by atoms with E-state index >= 15 is 0 Å². The molecule has 1 atom stereocenters. The van der Waals surface area contributed by atoms with Crippen molar-refractivity contribution in [3.8, 4) is 0 Å². The summed E-state index contributed by atoms with van der Waals surface area (Å²) in [5, 5.41) is 10.7. The van der Waals surface area contributed by atoms with Gasteiger partial charge >= 0.3 is 5.82 Å². The van der Waals surface area contributed by atoms with Gasteiger partial charge in [-0.2, -0.15) is 0 Å². The minimum Gasteiger partial charge on any atom is -0.358 e. The van der Waals surface area contributed by atoms with Crippen molar-refractivity contribution in [2.75, 3.05) is 5.75 Å². The average Bonchev–Trinajstić information content (AvgIpc) is 2.68. The Labute approximate surface area is 92.8 Å². The first kappa shape index (κ1) is 12.0. The molecule has 6 heteroatoms. The van der Waals surface area contributed by atoms with Gasteiger partial charge in [-0.25, -0.2) is 9.97 Å². The third kappa shape index (κ3) is 3.23. The third-order valence-corrected chi connectivity index (χ3v) is 3.58. The lowest BCUT2D eigenvalue weighted by molar-refractivity contribution is -0.389. The second kappa shape index (κ2) is 5.75. The second-order valence-corrected chi connectivity index (χ2v) is 4.49. The van der Waals surface area contributed by atoms with Crippen molar-refractivity contribution in [3.63, 3.8) is 0 Å². The molecule has 0 fully saturated rings. The Morgan fingerprint density at radius 2 is 2.40 bits per heavy atom. The number of nitrogens with one attached hydrogen (secondary N) is 1. The highest BCUT2D eigenvalue weighted by Gasteiger charge is 2.18. The molecule has 1 rings (SSSR count). The average molecular weight is 229 g/mol. The van der Waals surface area contributed by atoms with Crippen LogP contribution >= 0.6 is 11.8 Å². The number of imidazole rings is 1. The molecule has 0 saturated heterocycles. The van der Waals surface area contributed by atoms with E-state index in [0.717, 1.165) is 18.6 Å². The maximum absolute atomic E-state index is 10.5. The summed E-state index contributed by atoms with van der Waals surface area (Å²) in [7, 11) is 0. The first-order valence-electron chi connectivity index (χ1n) is 4.99. The van der Waals surface area contributed by atoms with Crippen LogP contribution in [0.5, 0.6) is 0 Å². The molecule has 1 unspecified atom stereocenters. The van der Waals surface area contributed by atoms with Crippen molar-refractivity contribution in [3.05, 3.63) is 22.1 Å². The number of hydrogen-bond acceptors (Lipinski definition) is 4. The monoisotopic (exact) mass is 229 g/mol. The summed E-state index contributed by atoms with van der Waals surface area (Å²) in [6.45, 7) is 4.17. The maximum Gasteiger partial charge on any atom is 0.340 e. The Bertz CT molecular complexity index is 327. The minimum absolute atomic E-state index is 0.0273. The number of nitrogens with zero attached hydrogens (tertiary/aromatic N) is 2. The van der Waals surface area contributed by atoms with Crippen LogP contribution in [0.2, 0.25) is 0 Å². The molecule has 5 nitrogen and oxygen atoms in total. The fourth-order valence-electron chi connectivity index (χ4n) is 1.23. The van der Waals surface area contributed by atoms with Crippen molar-refractivity contribution in [1.82, 2.24) is 9.97 Å². The summed E-state index contributed by atoms with van der Waals surface area (Å²) >= 11 is 1.78. The molecule has 1 aromatic heterocycles. The largest absolute Gasteiger partial charge is 0.358 e. The molecule has 0 bridgehead atoms. The smallest absolute Gasteiger partial charge is 0.340 e. The maximum atomic E-state index is 10.5. The van der Waals surface area contributed by atoms with Crippen molar-refractivity contribution < 1.29 is 4.92 Å². The first-order chi connectivity index (χ1) is 7.19. The van der Waals surface area contributed by atoms with Crippen LogP contribution in [0.25, 0.3) is 0 Å². The van der Waals surface area contributed by atoms with Crippen LogP contribution in [0.1, 0.15) is 37.8 Å². The van der Waals surface area contributed by atoms with Gasteiger partial charge < -0.3 is 10.1 Å². The molecule has 0 aliphatic carbocycles. The van der Waals surface area contributed by atoms with Crippen LogP contribution in [0.4, 0.5) is 5.82 Å². The normalized spacial score (nSPS) is 12.7. The van der Waals surface area contributed by atoms with Crippen molar-refractivity contribution >= 4 is 17.6 Å². The van der Waals surface area contributed by atoms with Crippen LogP contribution in [-0.2, 0) is 0 Å². The molecule has 1 N–H and O–H groups in total. The van der Waals surface area contributed by atoms with Gasteiger partial charge in [0.1, 0.15) is 6.20 Å². The zero-order valence-corrected chi connectivity index (χ0v) is 9.71. The van der Waals surface area contributed by atoms with Crippen molar-refractivity contribution in [1.29, 1.82) is 0 Å². The lowest BCUT2D eigenvalue weighted by atomic mass is 10.3. The summed E-state index contributed by atoms with van der Waals surface area (Å²) < 4.78 is 0. The molecular weight excluding hydrogens is 214 g/mol. The van der Waals surface area contributed by atoms with Crippen LogP contribution < -0.4 is 0 Å². The van der Waals surface area contributed by atoms with E-state index in [-0.39, 0.29) is 11.1 Å². The lowest BCUT2D eigenvalue weighted by Gasteiger charge is -2.07. The summed E-state index contributed by atoms with van der Waals surface area (Å²) in [6.07, 6.45) is 3.31. The molecule has 15 heavy (non-hydrogen) atoms. The van der Waals surface area contributed by atoms with E-state index in [4.69, 9.17) is 0 Å². The van der Waals surface area contributed by atoms with Gasteiger partial charge in [0.15, 0.2) is 0 Å². The SMILES string of the molecule is CCCSC(CC)c1ncc([N+](=O)[O-])[nH]1. The Balaban J connectivity index is 2.69. The second-order valence-electron chi connectivity index (χ2n) is 3.18. The predicted molar refractivity (Wildman–Crippen MR) is 61.0 cm³/mol. The van der Waals surface area contributed by atoms with Crippen LogP contribution in [0.15, 0.2) is 6.20 Å². The van der Waals surface area contributed by atoms with E-state index in [1.807, 2.05) is 0 Å². The van der Waals surface area contributed by atoms with Gasteiger partial charge in [-0.1, -0.05) is 13.8 Å². The molecule has 84 valence electrons. The van der Waals surface area contributed by atoms with Gasteiger partial charge in [0.05, 0.1) is 5.25 Å². The van der Waals surface area contributed by atoms with E-state index in [0.29, 0.717) is 5.82 Å².